The highest BCUT2D eigenvalue weighted by Gasteiger charge is 2.39. The van der Waals surface area contributed by atoms with Gasteiger partial charge in [-0.2, -0.15) is 0 Å². The molecule has 0 radical (unpaired) electrons. The van der Waals surface area contributed by atoms with Gasteiger partial charge in [0.05, 0.1) is 0 Å². The maximum absolute atomic E-state index is 5.51. The van der Waals surface area contributed by atoms with Crippen LogP contribution in [-0.4, -0.2) is 190 Å². The van der Waals surface area contributed by atoms with Crippen molar-refractivity contribution in [2.75, 3.05) is 137 Å². The monoisotopic (exact) mass is 1020 g/mol. The lowest BCUT2D eigenvalue weighted by molar-refractivity contribution is -0.458. The highest BCUT2D eigenvalue weighted by Crippen LogP contribution is 2.47. The number of hydrogen-bond donors (Lipinski definition) is 0. The summed E-state index contributed by atoms with van der Waals surface area (Å²) < 4.78 is 72.3. The van der Waals surface area contributed by atoms with E-state index in [1.165, 1.54) is 8.75 Å². The van der Waals surface area contributed by atoms with Crippen LogP contribution in [0, 0.1) is 0 Å². The number of thioether (sulfide) groups is 2. The fourth-order valence-corrected chi connectivity index (χ4v) is 24.2. The molecule has 0 bridgehead atoms. The van der Waals surface area contributed by atoms with E-state index in [1.54, 1.807) is 127 Å². The summed E-state index contributed by atoms with van der Waals surface area (Å²) in [5.41, 5.74) is 0. The fraction of sp³-hybridized carbons (Fsp3) is 0.933. The molecule has 0 aliphatic rings. The Labute approximate surface area is 375 Å². The molecule has 0 aromatic heterocycles. The molecule has 0 N–H and O–H groups in total. The van der Waals surface area contributed by atoms with Crippen molar-refractivity contribution in [2.45, 2.75) is 49.9 Å². The molecule has 0 amide bonds. The fourth-order valence-electron chi connectivity index (χ4n) is 4.48. The van der Waals surface area contributed by atoms with Crippen LogP contribution < -0.4 is 0 Å². The average molecular weight is 1020 g/mol. The smallest absolute Gasteiger partial charge is 0.377 e. The Balaban J connectivity index is 0. The summed E-state index contributed by atoms with van der Waals surface area (Å²) in [6.45, 7) is 0. The van der Waals surface area contributed by atoms with Crippen LogP contribution in [0.5, 0.6) is 0 Å². The van der Waals surface area contributed by atoms with Gasteiger partial charge in [0.25, 0.3) is 8.75 Å². The minimum atomic E-state index is -2.49. The van der Waals surface area contributed by atoms with E-state index in [0.717, 1.165) is 72.9 Å². The zero-order valence-corrected chi connectivity index (χ0v) is 47.1. The molecule has 26 heteroatoms. The van der Waals surface area contributed by atoms with E-state index in [0.29, 0.717) is 0 Å². The van der Waals surface area contributed by atoms with Gasteiger partial charge in [-0.3, -0.25) is 0 Å². The first kappa shape index (κ1) is 60.6. The summed E-state index contributed by atoms with van der Waals surface area (Å²) in [4.78, 5) is 0. The Morgan fingerprint density at radius 2 is 0.571 bits per heavy atom. The second-order valence-electron chi connectivity index (χ2n) is 11.6. The van der Waals surface area contributed by atoms with E-state index in [4.69, 9.17) is 53.1 Å². The van der Waals surface area contributed by atoms with Gasteiger partial charge in [-0.25, -0.2) is 9.15 Å². The standard InChI is InChI=1S/C18H42N2O6S6Si2.C12H30O6S2Si2/c1-19(2)17(27-13-11-15-33(21-5,22-6)23-7)29-31-32-30-18(20(3)4)28-14-12-16-34(24-8,25-9)26-10;1-13-21(14-2,15-3)11-7-9-19-20-10-8-12-22(16-4,17-5)18-6/h11-16H2,1-10H3;7-12H2,1-6H3/q+2;. The normalized spacial score (nSPS) is 12.4. The van der Waals surface area contributed by atoms with Crippen LogP contribution in [0.1, 0.15) is 25.7 Å². The van der Waals surface area contributed by atoms with Crippen molar-refractivity contribution < 1.29 is 62.3 Å². The highest BCUT2D eigenvalue weighted by molar-refractivity contribution is 9.30. The SMILES string of the molecule is CO[Si](CCCSC(SSSSC(SCCC[Si](OC)(OC)OC)=[N+](C)C)=[N+](C)C)(OC)OC.CO[Si](CCCSSCCC[Si](OC)(OC)OC)(OC)OC. The summed E-state index contributed by atoms with van der Waals surface area (Å²) in [6.07, 6.45) is 4.00. The van der Waals surface area contributed by atoms with E-state index >= 15 is 0 Å². The molecule has 0 fully saturated rings. The molecule has 0 rings (SSSR count). The molecule has 0 saturated heterocycles. The van der Waals surface area contributed by atoms with E-state index in [1.807, 2.05) is 45.1 Å². The molecule has 0 aliphatic carbocycles. The molecule has 0 atom stereocenters. The lowest BCUT2D eigenvalue weighted by Gasteiger charge is -2.24. The second kappa shape index (κ2) is 37.0. The van der Waals surface area contributed by atoms with Crippen molar-refractivity contribution in [3.05, 3.63) is 0 Å². The van der Waals surface area contributed by atoms with Crippen LogP contribution in [0.2, 0.25) is 24.2 Å². The Bertz CT molecular complexity index is 922. The molecule has 14 nitrogen and oxygen atoms in total. The molecule has 0 aromatic carbocycles. The second-order valence-corrected chi connectivity index (χ2v) is 35.0. The Hall–Kier alpha value is 2.53. The third kappa shape index (κ3) is 25.6. The van der Waals surface area contributed by atoms with Crippen molar-refractivity contribution in [3.8, 4) is 0 Å². The van der Waals surface area contributed by atoms with Gasteiger partial charge >= 0.3 is 35.2 Å². The lowest BCUT2D eigenvalue weighted by Crippen LogP contribution is -2.42. The number of hydrogen-bond acceptors (Lipinski definition) is 20. The van der Waals surface area contributed by atoms with E-state index in [2.05, 4.69) is 37.3 Å². The molecular weight excluding hydrogens is 949 g/mol. The van der Waals surface area contributed by atoms with Gasteiger partial charge in [0.1, 0.15) is 28.2 Å². The van der Waals surface area contributed by atoms with Gasteiger partial charge in [-0.15, -0.1) is 0 Å². The Morgan fingerprint density at radius 1 is 0.357 bits per heavy atom. The van der Waals surface area contributed by atoms with Crippen LogP contribution in [0.25, 0.3) is 0 Å². The summed E-state index contributed by atoms with van der Waals surface area (Å²) in [5, 5.41) is 0. The van der Waals surface area contributed by atoms with Gasteiger partial charge < -0.3 is 53.1 Å². The summed E-state index contributed by atoms with van der Waals surface area (Å²) >= 11 is 3.71. The van der Waals surface area contributed by atoms with Crippen molar-refractivity contribution in [3.63, 3.8) is 0 Å². The maximum atomic E-state index is 5.51. The third-order valence-electron chi connectivity index (χ3n) is 7.91. The largest absolute Gasteiger partial charge is 0.500 e. The minimum Gasteiger partial charge on any atom is -0.377 e. The van der Waals surface area contributed by atoms with Crippen LogP contribution in [0.3, 0.4) is 0 Å². The molecule has 56 heavy (non-hydrogen) atoms. The zero-order chi connectivity index (χ0) is 42.9. The first-order valence-electron chi connectivity index (χ1n) is 17.6. The predicted octanol–water partition coefficient (Wildman–Crippen LogP) is 7.83. The zero-order valence-electron chi connectivity index (χ0n) is 36.5. The third-order valence-corrected chi connectivity index (χ3v) is 31.8. The minimum absolute atomic E-state index is 0.813. The predicted molar refractivity (Wildman–Crippen MR) is 259 cm³/mol. The molecule has 0 unspecified atom stereocenters. The summed E-state index contributed by atoms with van der Waals surface area (Å²) in [7, 11) is 29.3. The number of nitrogens with zero attached hydrogens (tertiary/aromatic N) is 2. The van der Waals surface area contributed by atoms with E-state index in [-0.39, 0.29) is 0 Å². The topological polar surface area (TPSA) is 117 Å². The quantitative estimate of drug-likeness (QED) is 0.0163. The van der Waals surface area contributed by atoms with E-state index in [9.17, 15) is 0 Å². The van der Waals surface area contributed by atoms with Gasteiger partial charge in [-0.05, 0) is 68.9 Å². The van der Waals surface area contributed by atoms with Gasteiger partial charge in [0, 0.05) is 154 Å². The van der Waals surface area contributed by atoms with Gasteiger partial charge in [-0.1, -0.05) is 21.6 Å². The highest BCUT2D eigenvalue weighted by atomic mass is 33.7. The molecular formula is C30H72N2O12S8Si4+2. The first-order valence-corrected chi connectivity index (χ1v) is 34.6. The molecule has 0 heterocycles. The first-order chi connectivity index (χ1) is 26.8. The van der Waals surface area contributed by atoms with E-state index < -0.39 is 35.2 Å². The van der Waals surface area contributed by atoms with Crippen LogP contribution in [0.15, 0.2) is 0 Å². The Morgan fingerprint density at radius 3 is 0.768 bits per heavy atom. The lowest BCUT2D eigenvalue weighted by atomic mass is 10.6. The van der Waals surface area contributed by atoms with Crippen LogP contribution in [0.4, 0.5) is 0 Å². The van der Waals surface area contributed by atoms with Crippen molar-refractivity contribution >= 4 is 130 Å². The van der Waals surface area contributed by atoms with Gasteiger partial charge in [0.2, 0.25) is 0 Å². The molecule has 0 aromatic rings. The van der Waals surface area contributed by atoms with Crippen molar-refractivity contribution in [1.82, 2.24) is 0 Å². The molecule has 336 valence electrons. The summed E-state index contributed by atoms with van der Waals surface area (Å²) in [6, 6.07) is 3.32. The molecule has 0 saturated carbocycles. The van der Waals surface area contributed by atoms with Crippen molar-refractivity contribution in [2.24, 2.45) is 0 Å². The van der Waals surface area contributed by atoms with Crippen LogP contribution in [-0.2, 0) is 53.1 Å². The molecule has 0 aliphatic heterocycles. The Kier molecular flexibility index (Phi) is 40.0. The van der Waals surface area contributed by atoms with Gasteiger partial charge in [0.15, 0.2) is 0 Å². The molecule has 0 spiro atoms. The summed E-state index contributed by atoms with van der Waals surface area (Å²) in [5.74, 6) is 4.08. The maximum Gasteiger partial charge on any atom is 0.500 e. The van der Waals surface area contributed by atoms with Crippen molar-refractivity contribution in [1.29, 1.82) is 0 Å². The van der Waals surface area contributed by atoms with Crippen LogP contribution >= 0.6 is 86.4 Å². The average Bonchev–Trinajstić information content (AvgIpc) is 3.22. The number of rotatable bonds is 32.